The van der Waals surface area contributed by atoms with Crippen molar-refractivity contribution in [3.63, 3.8) is 0 Å². The quantitative estimate of drug-likeness (QED) is 0.664. The third-order valence-electron chi connectivity index (χ3n) is 3.33. The second-order valence-electron chi connectivity index (χ2n) is 5.04. The van der Waals surface area contributed by atoms with Crippen LogP contribution in [0.1, 0.15) is 33.1 Å². The van der Waals surface area contributed by atoms with Crippen LogP contribution in [0.2, 0.25) is 0 Å². The topological polar surface area (TPSA) is 95.7 Å². The highest BCUT2D eigenvalue weighted by Gasteiger charge is 2.30. The predicted molar refractivity (Wildman–Crippen MR) is 67.8 cm³/mol. The largest absolute Gasteiger partial charge is 0.393 e. The minimum absolute atomic E-state index is 0.0715. The molecule has 0 aliphatic carbocycles. The molecule has 3 amide bonds. The molecule has 0 bridgehead atoms. The van der Waals surface area contributed by atoms with Crippen molar-refractivity contribution in [3.8, 4) is 0 Å². The number of aliphatic hydroxyl groups is 1. The van der Waals surface area contributed by atoms with Crippen LogP contribution in [-0.4, -0.2) is 47.2 Å². The Kier molecular flexibility index (Phi) is 5.40. The van der Waals surface area contributed by atoms with E-state index in [0.717, 1.165) is 6.42 Å². The molecule has 1 heterocycles. The molecule has 0 spiro atoms. The van der Waals surface area contributed by atoms with Gasteiger partial charge in [-0.25, -0.2) is 4.79 Å². The Labute approximate surface area is 108 Å². The fourth-order valence-electron chi connectivity index (χ4n) is 2.50. The third-order valence-corrected chi connectivity index (χ3v) is 3.33. The maximum atomic E-state index is 11.3. The van der Waals surface area contributed by atoms with Gasteiger partial charge in [0.15, 0.2) is 0 Å². The molecule has 0 aromatic heterocycles. The van der Waals surface area contributed by atoms with Gasteiger partial charge >= 0.3 is 6.03 Å². The first-order valence-corrected chi connectivity index (χ1v) is 6.41. The summed E-state index contributed by atoms with van der Waals surface area (Å²) in [6, 6.07) is -0.543. The number of aliphatic hydroxyl groups excluding tert-OH is 1. The molecule has 6 heteroatoms. The van der Waals surface area contributed by atoms with Gasteiger partial charge in [-0.05, 0) is 25.2 Å². The molecular weight excluding hydrogens is 234 g/mol. The van der Waals surface area contributed by atoms with Crippen LogP contribution in [0.4, 0.5) is 4.79 Å². The Balaban J connectivity index is 2.61. The number of piperidine rings is 1. The molecule has 0 aromatic carbocycles. The molecule has 0 aromatic rings. The first-order valence-electron chi connectivity index (χ1n) is 6.41. The Hall–Kier alpha value is -1.30. The summed E-state index contributed by atoms with van der Waals surface area (Å²) in [4.78, 5) is 23.9. The lowest BCUT2D eigenvalue weighted by Gasteiger charge is -2.37. The molecule has 3 unspecified atom stereocenters. The Morgan fingerprint density at radius 2 is 2.17 bits per heavy atom. The predicted octanol–water partition coefficient (Wildman–Crippen LogP) is 0.0527. The van der Waals surface area contributed by atoms with Gasteiger partial charge in [-0.15, -0.1) is 0 Å². The van der Waals surface area contributed by atoms with Crippen molar-refractivity contribution in [2.24, 2.45) is 11.7 Å². The van der Waals surface area contributed by atoms with Gasteiger partial charge in [-0.2, -0.15) is 0 Å². The first kappa shape index (κ1) is 14.8. The standard InChI is InChI=1S/C12H23N3O3/c1-3-11(17)5-9-4-10(14-8(2)16)7-15(6-9)12(13)18/h9-11,17H,3-7H2,1-2H3,(H2,13,18)(H,14,16). The van der Waals surface area contributed by atoms with Crippen molar-refractivity contribution in [2.45, 2.75) is 45.3 Å². The average Bonchev–Trinajstić information content (AvgIpc) is 2.27. The maximum absolute atomic E-state index is 11.3. The lowest BCUT2D eigenvalue weighted by atomic mass is 9.89. The van der Waals surface area contributed by atoms with E-state index in [1.165, 1.54) is 11.8 Å². The van der Waals surface area contributed by atoms with Crippen LogP contribution in [0.3, 0.4) is 0 Å². The second kappa shape index (κ2) is 6.58. The Bertz CT molecular complexity index is 309. The Morgan fingerprint density at radius 3 is 2.67 bits per heavy atom. The van der Waals surface area contributed by atoms with Crippen LogP contribution < -0.4 is 11.1 Å². The van der Waals surface area contributed by atoms with Gasteiger partial charge in [0.05, 0.1) is 6.10 Å². The van der Waals surface area contributed by atoms with E-state index in [4.69, 9.17) is 5.73 Å². The smallest absolute Gasteiger partial charge is 0.314 e. The molecule has 0 saturated carbocycles. The maximum Gasteiger partial charge on any atom is 0.314 e. The van der Waals surface area contributed by atoms with Gasteiger partial charge in [-0.3, -0.25) is 4.79 Å². The van der Waals surface area contributed by atoms with Crippen molar-refractivity contribution in [2.75, 3.05) is 13.1 Å². The van der Waals surface area contributed by atoms with Crippen LogP contribution >= 0.6 is 0 Å². The zero-order valence-corrected chi connectivity index (χ0v) is 11.1. The fraction of sp³-hybridized carbons (Fsp3) is 0.833. The van der Waals surface area contributed by atoms with Gasteiger partial charge < -0.3 is 21.1 Å². The molecule has 1 aliphatic rings. The van der Waals surface area contributed by atoms with Gasteiger partial charge in [0.2, 0.25) is 5.91 Å². The summed E-state index contributed by atoms with van der Waals surface area (Å²) in [5.41, 5.74) is 5.30. The van der Waals surface area contributed by atoms with E-state index in [1.807, 2.05) is 6.92 Å². The number of primary amides is 1. The Morgan fingerprint density at radius 1 is 1.50 bits per heavy atom. The molecule has 3 atom stereocenters. The molecule has 1 fully saturated rings. The SMILES string of the molecule is CCC(O)CC1CC(NC(C)=O)CN(C(N)=O)C1. The number of amides is 3. The molecular formula is C12H23N3O3. The van der Waals surface area contributed by atoms with Crippen molar-refractivity contribution in [1.29, 1.82) is 0 Å². The van der Waals surface area contributed by atoms with Crippen molar-refractivity contribution >= 4 is 11.9 Å². The number of carbonyl (C=O) groups excluding carboxylic acids is 2. The van der Waals surface area contributed by atoms with Crippen molar-refractivity contribution < 1.29 is 14.7 Å². The lowest BCUT2D eigenvalue weighted by molar-refractivity contribution is -0.120. The van der Waals surface area contributed by atoms with Crippen LogP contribution in [-0.2, 0) is 4.79 Å². The van der Waals surface area contributed by atoms with Crippen LogP contribution in [0.15, 0.2) is 0 Å². The summed E-state index contributed by atoms with van der Waals surface area (Å²) in [6.45, 7) is 4.39. The number of nitrogens with two attached hydrogens (primary N) is 1. The number of urea groups is 1. The highest BCUT2D eigenvalue weighted by molar-refractivity contribution is 5.74. The van der Waals surface area contributed by atoms with Gasteiger partial charge in [-0.1, -0.05) is 6.92 Å². The summed E-state index contributed by atoms with van der Waals surface area (Å²) in [5, 5.41) is 12.5. The van der Waals surface area contributed by atoms with E-state index in [-0.39, 0.29) is 24.0 Å². The molecule has 0 radical (unpaired) electrons. The monoisotopic (exact) mass is 257 g/mol. The van der Waals surface area contributed by atoms with Crippen LogP contribution in [0, 0.1) is 5.92 Å². The van der Waals surface area contributed by atoms with Crippen molar-refractivity contribution in [3.05, 3.63) is 0 Å². The van der Waals surface area contributed by atoms with E-state index >= 15 is 0 Å². The molecule has 1 aliphatic heterocycles. The fourth-order valence-corrected chi connectivity index (χ4v) is 2.50. The normalized spacial score (nSPS) is 25.6. The molecule has 18 heavy (non-hydrogen) atoms. The van der Waals surface area contributed by atoms with Crippen LogP contribution in [0.25, 0.3) is 0 Å². The molecule has 4 N–H and O–H groups in total. The van der Waals surface area contributed by atoms with Gasteiger partial charge in [0.1, 0.15) is 0 Å². The number of hydrogen-bond acceptors (Lipinski definition) is 3. The van der Waals surface area contributed by atoms with E-state index < -0.39 is 6.03 Å². The summed E-state index contributed by atoms with van der Waals surface area (Å²) in [5.74, 6) is 0.0687. The summed E-state index contributed by atoms with van der Waals surface area (Å²) in [6.07, 6.45) is 1.75. The average molecular weight is 257 g/mol. The number of rotatable bonds is 4. The summed E-state index contributed by atoms with van der Waals surface area (Å²) in [7, 11) is 0. The number of likely N-dealkylation sites (tertiary alicyclic amines) is 1. The van der Waals surface area contributed by atoms with E-state index in [0.29, 0.717) is 25.9 Å². The second-order valence-corrected chi connectivity index (χ2v) is 5.04. The van der Waals surface area contributed by atoms with Gasteiger partial charge in [0, 0.05) is 26.1 Å². The highest BCUT2D eigenvalue weighted by atomic mass is 16.3. The summed E-state index contributed by atoms with van der Waals surface area (Å²) < 4.78 is 0. The highest BCUT2D eigenvalue weighted by Crippen LogP contribution is 2.22. The van der Waals surface area contributed by atoms with Crippen LogP contribution in [0.5, 0.6) is 0 Å². The van der Waals surface area contributed by atoms with E-state index in [2.05, 4.69) is 5.32 Å². The zero-order chi connectivity index (χ0) is 13.7. The third kappa shape index (κ3) is 4.52. The first-order chi connectivity index (χ1) is 8.42. The minimum atomic E-state index is -0.471. The lowest BCUT2D eigenvalue weighted by Crippen LogP contribution is -2.54. The molecule has 1 saturated heterocycles. The van der Waals surface area contributed by atoms with E-state index in [9.17, 15) is 14.7 Å². The molecule has 6 nitrogen and oxygen atoms in total. The molecule has 104 valence electrons. The number of carbonyl (C=O) groups is 2. The number of nitrogens with one attached hydrogen (secondary N) is 1. The van der Waals surface area contributed by atoms with Crippen molar-refractivity contribution in [1.82, 2.24) is 10.2 Å². The minimum Gasteiger partial charge on any atom is -0.393 e. The number of hydrogen-bond donors (Lipinski definition) is 3. The van der Waals surface area contributed by atoms with Gasteiger partial charge in [0.25, 0.3) is 0 Å². The van der Waals surface area contributed by atoms with E-state index in [1.54, 1.807) is 0 Å². The zero-order valence-electron chi connectivity index (χ0n) is 11.1. The number of nitrogens with zero attached hydrogens (tertiary/aromatic N) is 1. The molecule has 1 rings (SSSR count). The summed E-state index contributed by atoms with van der Waals surface area (Å²) >= 11 is 0.